The number of fused-ring (bicyclic) bond motifs is 2. The molecule has 0 bridgehead atoms. The highest BCUT2D eigenvalue weighted by Gasteiger charge is 2.17. The number of amides is 2. The highest BCUT2D eigenvalue weighted by atomic mass is 16.5. The first kappa shape index (κ1) is 24.2. The standard InChI is InChI=1S/C15H20N2O2.C10H9N3O3/c18-15-10-19-14-7-6-11(8-13(14)17-15)9-16-12-4-2-1-3-5-12;1-16-8-3-2-6-9(13-8)7(4-5-11-6)12-10(14)15/h6-8,12,16H,1-5,9-10H2,(H,17,18);2-5H,1H3,(H,11,12)(H,14,15). The highest BCUT2D eigenvalue weighted by Crippen LogP contribution is 2.28. The summed E-state index contributed by atoms with van der Waals surface area (Å²) in [7, 11) is 1.49. The summed E-state index contributed by atoms with van der Waals surface area (Å²) in [6, 6.07) is 11.6. The number of nitrogens with zero attached hydrogens (tertiary/aromatic N) is 2. The monoisotopic (exact) mass is 479 g/mol. The minimum Gasteiger partial charge on any atom is -0.482 e. The molecule has 0 radical (unpaired) electrons. The summed E-state index contributed by atoms with van der Waals surface area (Å²) in [5.41, 5.74) is 3.43. The first-order valence-corrected chi connectivity index (χ1v) is 11.6. The maximum absolute atomic E-state index is 11.3. The molecule has 2 aromatic heterocycles. The van der Waals surface area contributed by atoms with Crippen molar-refractivity contribution in [3.8, 4) is 11.6 Å². The normalized spacial score (nSPS) is 15.2. The third-order valence-corrected chi connectivity index (χ3v) is 5.89. The van der Waals surface area contributed by atoms with Gasteiger partial charge in [0.1, 0.15) is 11.3 Å². The van der Waals surface area contributed by atoms with Crippen LogP contribution in [0.5, 0.6) is 11.6 Å². The fourth-order valence-electron chi connectivity index (χ4n) is 4.15. The summed E-state index contributed by atoms with van der Waals surface area (Å²) in [4.78, 5) is 30.1. The SMILES string of the molecule is COc1ccc2nccc(NC(=O)O)c2n1.O=C1COc2ccc(CNC3CCCCC3)cc2N1. The zero-order valence-electron chi connectivity index (χ0n) is 19.5. The van der Waals surface area contributed by atoms with Crippen molar-refractivity contribution in [2.45, 2.75) is 44.7 Å². The Balaban J connectivity index is 0.000000168. The van der Waals surface area contributed by atoms with E-state index in [1.165, 1.54) is 51.0 Å². The number of aromatic nitrogens is 2. The van der Waals surface area contributed by atoms with Gasteiger partial charge in [0.15, 0.2) is 6.61 Å². The molecule has 1 aliphatic heterocycles. The molecule has 1 aliphatic carbocycles. The molecule has 0 unspecified atom stereocenters. The van der Waals surface area contributed by atoms with Gasteiger partial charge in [0.2, 0.25) is 5.88 Å². The van der Waals surface area contributed by atoms with Gasteiger partial charge in [-0.1, -0.05) is 25.3 Å². The van der Waals surface area contributed by atoms with Crippen LogP contribution in [0.1, 0.15) is 37.7 Å². The number of hydrogen-bond donors (Lipinski definition) is 4. The maximum Gasteiger partial charge on any atom is 0.409 e. The van der Waals surface area contributed by atoms with Gasteiger partial charge in [0.05, 0.1) is 24.0 Å². The smallest absolute Gasteiger partial charge is 0.409 e. The van der Waals surface area contributed by atoms with Crippen molar-refractivity contribution in [2.24, 2.45) is 0 Å². The molecule has 2 aliphatic rings. The number of rotatable bonds is 5. The Kier molecular flexibility index (Phi) is 7.94. The van der Waals surface area contributed by atoms with E-state index in [4.69, 9.17) is 14.6 Å². The predicted octanol–water partition coefficient (Wildman–Crippen LogP) is 4.17. The summed E-state index contributed by atoms with van der Waals surface area (Å²) in [5.74, 6) is 1.10. The summed E-state index contributed by atoms with van der Waals surface area (Å²) in [6.07, 6.45) is 6.99. The Labute approximate surface area is 203 Å². The van der Waals surface area contributed by atoms with E-state index in [2.05, 4.69) is 32.0 Å². The van der Waals surface area contributed by atoms with E-state index >= 15 is 0 Å². The molecule has 1 fully saturated rings. The van der Waals surface area contributed by atoms with Crippen LogP contribution in [0.4, 0.5) is 16.2 Å². The molecule has 10 nitrogen and oxygen atoms in total. The molecule has 0 spiro atoms. The first-order chi connectivity index (χ1) is 17.0. The largest absolute Gasteiger partial charge is 0.482 e. The third kappa shape index (κ3) is 6.57. The molecule has 35 heavy (non-hydrogen) atoms. The molecule has 4 N–H and O–H groups in total. The molecule has 10 heteroatoms. The fraction of sp³-hybridized carbons (Fsp3) is 0.360. The van der Waals surface area contributed by atoms with E-state index in [9.17, 15) is 9.59 Å². The van der Waals surface area contributed by atoms with Gasteiger partial charge in [-0.25, -0.2) is 9.78 Å². The molecule has 1 aromatic carbocycles. The summed E-state index contributed by atoms with van der Waals surface area (Å²) >= 11 is 0. The van der Waals surface area contributed by atoms with Crippen LogP contribution in [-0.4, -0.2) is 46.8 Å². The summed E-state index contributed by atoms with van der Waals surface area (Å²) in [5, 5.41) is 17.4. The Bertz CT molecular complexity index is 1200. The van der Waals surface area contributed by atoms with Gasteiger partial charge in [-0.2, -0.15) is 0 Å². The number of nitrogens with one attached hydrogen (secondary N) is 3. The number of carbonyl (C=O) groups is 2. The number of ether oxygens (including phenoxy) is 2. The van der Waals surface area contributed by atoms with E-state index < -0.39 is 6.09 Å². The van der Waals surface area contributed by atoms with E-state index in [0.29, 0.717) is 28.6 Å². The minimum absolute atomic E-state index is 0.0788. The van der Waals surface area contributed by atoms with Crippen molar-refractivity contribution in [1.29, 1.82) is 0 Å². The van der Waals surface area contributed by atoms with Crippen molar-refractivity contribution in [3.63, 3.8) is 0 Å². The zero-order chi connectivity index (χ0) is 24.6. The van der Waals surface area contributed by atoms with Gasteiger partial charge >= 0.3 is 6.09 Å². The van der Waals surface area contributed by atoms with Crippen molar-refractivity contribution in [3.05, 3.63) is 48.2 Å². The number of anilines is 2. The molecule has 3 aromatic rings. The minimum atomic E-state index is -1.14. The van der Waals surface area contributed by atoms with Crippen LogP contribution >= 0.6 is 0 Å². The average Bonchev–Trinajstić information content (AvgIpc) is 2.88. The van der Waals surface area contributed by atoms with Crippen LogP contribution in [0.15, 0.2) is 42.6 Å². The van der Waals surface area contributed by atoms with Crippen molar-refractivity contribution < 1.29 is 24.2 Å². The van der Waals surface area contributed by atoms with Crippen LogP contribution < -0.4 is 25.4 Å². The van der Waals surface area contributed by atoms with E-state index in [1.54, 1.807) is 18.2 Å². The molecular formula is C25H29N5O5. The van der Waals surface area contributed by atoms with E-state index in [-0.39, 0.29) is 12.5 Å². The van der Waals surface area contributed by atoms with Crippen LogP contribution in [-0.2, 0) is 11.3 Å². The van der Waals surface area contributed by atoms with Crippen molar-refractivity contribution in [1.82, 2.24) is 15.3 Å². The van der Waals surface area contributed by atoms with Gasteiger partial charge in [-0.15, -0.1) is 0 Å². The molecular weight excluding hydrogens is 450 g/mol. The Morgan fingerprint density at radius 2 is 2.03 bits per heavy atom. The van der Waals surface area contributed by atoms with E-state index in [1.807, 2.05) is 12.1 Å². The second-order valence-electron chi connectivity index (χ2n) is 8.39. The number of carboxylic acid groups (broad SMARTS) is 1. The van der Waals surface area contributed by atoms with Gasteiger partial charge in [0, 0.05) is 24.8 Å². The molecule has 1 saturated carbocycles. The van der Waals surface area contributed by atoms with Crippen molar-refractivity contribution in [2.75, 3.05) is 24.4 Å². The lowest BCUT2D eigenvalue weighted by molar-refractivity contribution is -0.118. The summed E-state index contributed by atoms with van der Waals surface area (Å²) in [6.45, 7) is 0.973. The van der Waals surface area contributed by atoms with Crippen LogP contribution in [0, 0.1) is 0 Å². The maximum atomic E-state index is 11.3. The number of carbonyl (C=O) groups excluding carboxylic acids is 1. The van der Waals surface area contributed by atoms with Crippen LogP contribution in [0.2, 0.25) is 0 Å². The Morgan fingerprint density at radius 1 is 1.20 bits per heavy atom. The number of methoxy groups -OCH3 is 1. The topological polar surface area (TPSA) is 135 Å². The number of pyridine rings is 2. The summed E-state index contributed by atoms with van der Waals surface area (Å²) < 4.78 is 10.3. The molecule has 184 valence electrons. The van der Waals surface area contributed by atoms with Gasteiger partial charge < -0.3 is 25.2 Å². The van der Waals surface area contributed by atoms with Crippen molar-refractivity contribution >= 4 is 34.4 Å². The van der Waals surface area contributed by atoms with Gasteiger partial charge in [-0.3, -0.25) is 15.1 Å². The molecule has 0 saturated heterocycles. The van der Waals surface area contributed by atoms with Crippen LogP contribution in [0.3, 0.4) is 0 Å². The lowest BCUT2D eigenvalue weighted by Gasteiger charge is -2.23. The zero-order valence-corrected chi connectivity index (χ0v) is 19.5. The first-order valence-electron chi connectivity index (χ1n) is 11.6. The average molecular weight is 480 g/mol. The third-order valence-electron chi connectivity index (χ3n) is 5.89. The predicted molar refractivity (Wildman–Crippen MR) is 132 cm³/mol. The number of benzene rings is 1. The van der Waals surface area contributed by atoms with Crippen LogP contribution in [0.25, 0.3) is 11.0 Å². The fourth-order valence-corrected chi connectivity index (χ4v) is 4.15. The quantitative estimate of drug-likeness (QED) is 0.428. The molecule has 5 rings (SSSR count). The van der Waals surface area contributed by atoms with Gasteiger partial charge in [-0.05, 0) is 42.7 Å². The molecule has 2 amide bonds. The van der Waals surface area contributed by atoms with Gasteiger partial charge in [0.25, 0.3) is 5.91 Å². The molecule has 0 atom stereocenters. The highest BCUT2D eigenvalue weighted by molar-refractivity contribution is 5.96. The lowest BCUT2D eigenvalue weighted by atomic mass is 9.95. The Hall–Kier alpha value is -3.92. The second-order valence-corrected chi connectivity index (χ2v) is 8.39. The second kappa shape index (κ2) is 11.5. The van der Waals surface area contributed by atoms with E-state index in [0.717, 1.165) is 18.0 Å². The molecule has 3 heterocycles. The number of hydrogen-bond acceptors (Lipinski definition) is 7. The lowest BCUT2D eigenvalue weighted by Crippen LogP contribution is -2.30. The Morgan fingerprint density at radius 3 is 2.80 bits per heavy atom.